The number of hydrogen-bond acceptors (Lipinski definition) is 6. The van der Waals surface area contributed by atoms with E-state index in [4.69, 9.17) is 4.74 Å². The van der Waals surface area contributed by atoms with Crippen LogP contribution < -0.4 is 4.90 Å². The number of carbonyl (C=O) groups is 2. The molecule has 0 atom stereocenters. The van der Waals surface area contributed by atoms with E-state index in [1.807, 2.05) is 17.9 Å². The normalized spacial score (nSPS) is 19.4. The number of amides is 3. The van der Waals surface area contributed by atoms with Crippen molar-refractivity contribution in [2.45, 2.75) is 45.6 Å². The Bertz CT molecular complexity index is 716. The SMILES string of the molecule is COCCCN1C(=O)N(CC(C)C)C2(CCN(c3cc(C)ncn3)CC2)C1=O. The highest BCUT2D eigenvalue weighted by Gasteiger charge is 2.57. The van der Waals surface area contributed by atoms with E-state index in [-0.39, 0.29) is 11.9 Å². The maximum Gasteiger partial charge on any atom is 0.327 e. The van der Waals surface area contributed by atoms with Gasteiger partial charge in [0.1, 0.15) is 17.7 Å². The van der Waals surface area contributed by atoms with E-state index in [0.29, 0.717) is 58.0 Å². The zero-order chi connectivity index (χ0) is 20.3. The minimum Gasteiger partial charge on any atom is -0.385 e. The summed E-state index contributed by atoms with van der Waals surface area (Å²) >= 11 is 0. The van der Waals surface area contributed by atoms with Crippen LogP contribution in [0.25, 0.3) is 0 Å². The highest BCUT2D eigenvalue weighted by molar-refractivity contribution is 6.07. The van der Waals surface area contributed by atoms with E-state index >= 15 is 0 Å². The van der Waals surface area contributed by atoms with Crippen molar-refractivity contribution in [3.63, 3.8) is 0 Å². The number of aromatic nitrogens is 2. The fourth-order valence-electron chi connectivity index (χ4n) is 4.17. The summed E-state index contributed by atoms with van der Waals surface area (Å²) < 4.78 is 5.09. The first-order chi connectivity index (χ1) is 13.4. The smallest absolute Gasteiger partial charge is 0.327 e. The third-order valence-electron chi connectivity index (χ3n) is 5.60. The van der Waals surface area contributed by atoms with E-state index in [0.717, 1.165) is 11.5 Å². The van der Waals surface area contributed by atoms with Crippen LogP contribution in [0.5, 0.6) is 0 Å². The first kappa shape index (κ1) is 20.5. The molecular formula is C20H31N5O3. The van der Waals surface area contributed by atoms with Crippen LogP contribution in [-0.4, -0.2) is 77.1 Å². The quantitative estimate of drug-likeness (QED) is 0.525. The van der Waals surface area contributed by atoms with Crippen molar-refractivity contribution < 1.29 is 14.3 Å². The molecule has 3 amide bonds. The summed E-state index contributed by atoms with van der Waals surface area (Å²) in [5, 5.41) is 0. The summed E-state index contributed by atoms with van der Waals surface area (Å²) in [6, 6.07) is 1.81. The molecule has 0 aromatic carbocycles. The maximum atomic E-state index is 13.4. The third-order valence-corrected chi connectivity index (χ3v) is 5.60. The molecule has 0 saturated carbocycles. The van der Waals surface area contributed by atoms with Crippen LogP contribution in [0.4, 0.5) is 10.6 Å². The van der Waals surface area contributed by atoms with Crippen LogP contribution >= 0.6 is 0 Å². The second-order valence-corrected chi connectivity index (χ2v) is 8.13. The predicted octanol–water partition coefficient (Wildman–Crippen LogP) is 2.08. The highest BCUT2D eigenvalue weighted by atomic mass is 16.5. The third kappa shape index (κ3) is 3.83. The minimum absolute atomic E-state index is 0.0484. The lowest BCUT2D eigenvalue weighted by Crippen LogP contribution is -2.57. The number of nitrogens with zero attached hydrogens (tertiary/aromatic N) is 5. The fraction of sp³-hybridized carbons (Fsp3) is 0.700. The molecule has 0 unspecified atom stereocenters. The number of rotatable bonds is 7. The zero-order valence-corrected chi connectivity index (χ0v) is 17.3. The molecule has 8 nitrogen and oxygen atoms in total. The van der Waals surface area contributed by atoms with Gasteiger partial charge in [-0.2, -0.15) is 0 Å². The Labute approximate surface area is 166 Å². The Hall–Kier alpha value is -2.22. The first-order valence-corrected chi connectivity index (χ1v) is 10.0. The van der Waals surface area contributed by atoms with Crippen LogP contribution in [0.2, 0.25) is 0 Å². The number of piperidine rings is 1. The molecule has 2 aliphatic rings. The van der Waals surface area contributed by atoms with E-state index in [1.54, 1.807) is 13.4 Å². The first-order valence-electron chi connectivity index (χ1n) is 10.0. The highest BCUT2D eigenvalue weighted by Crippen LogP contribution is 2.38. The van der Waals surface area contributed by atoms with Crippen LogP contribution in [0.15, 0.2) is 12.4 Å². The number of methoxy groups -OCH3 is 1. The lowest BCUT2D eigenvalue weighted by atomic mass is 9.85. The Morgan fingerprint density at radius 2 is 1.93 bits per heavy atom. The molecule has 1 aromatic rings. The van der Waals surface area contributed by atoms with Gasteiger partial charge in [-0.3, -0.25) is 9.69 Å². The Morgan fingerprint density at radius 1 is 1.21 bits per heavy atom. The summed E-state index contributed by atoms with van der Waals surface area (Å²) in [6.45, 7) is 9.03. The molecule has 1 spiro atoms. The molecule has 154 valence electrons. The molecule has 3 rings (SSSR count). The fourth-order valence-corrected chi connectivity index (χ4v) is 4.17. The Kier molecular flexibility index (Phi) is 6.17. The average Bonchev–Trinajstić information content (AvgIpc) is 2.85. The molecule has 1 aromatic heterocycles. The predicted molar refractivity (Wildman–Crippen MR) is 106 cm³/mol. The van der Waals surface area contributed by atoms with Crippen molar-refractivity contribution in [1.82, 2.24) is 19.8 Å². The van der Waals surface area contributed by atoms with Crippen molar-refractivity contribution in [3.8, 4) is 0 Å². The second kappa shape index (κ2) is 8.43. The van der Waals surface area contributed by atoms with E-state index in [2.05, 4.69) is 28.7 Å². The van der Waals surface area contributed by atoms with Crippen molar-refractivity contribution >= 4 is 17.8 Å². The van der Waals surface area contributed by atoms with E-state index in [1.165, 1.54) is 4.90 Å². The molecule has 0 N–H and O–H groups in total. The molecule has 0 aliphatic carbocycles. The second-order valence-electron chi connectivity index (χ2n) is 8.13. The number of aryl methyl sites for hydroxylation is 1. The number of ether oxygens (including phenoxy) is 1. The van der Waals surface area contributed by atoms with Gasteiger partial charge in [-0.15, -0.1) is 0 Å². The lowest BCUT2D eigenvalue weighted by molar-refractivity contribution is -0.134. The summed E-state index contributed by atoms with van der Waals surface area (Å²) in [6.07, 6.45) is 3.47. The molecule has 3 heterocycles. The van der Waals surface area contributed by atoms with Gasteiger partial charge in [-0.1, -0.05) is 13.8 Å². The van der Waals surface area contributed by atoms with Crippen LogP contribution in [0, 0.1) is 12.8 Å². The van der Waals surface area contributed by atoms with Gasteiger partial charge < -0.3 is 14.5 Å². The Balaban J connectivity index is 1.79. The van der Waals surface area contributed by atoms with Gasteiger partial charge in [0.15, 0.2) is 0 Å². The number of hydrogen-bond donors (Lipinski definition) is 0. The average molecular weight is 390 g/mol. The van der Waals surface area contributed by atoms with Crippen LogP contribution in [0.3, 0.4) is 0 Å². The minimum atomic E-state index is -0.729. The molecule has 8 heteroatoms. The van der Waals surface area contributed by atoms with E-state index < -0.39 is 5.54 Å². The maximum absolute atomic E-state index is 13.4. The van der Waals surface area contributed by atoms with Gasteiger partial charge in [0, 0.05) is 51.7 Å². The van der Waals surface area contributed by atoms with Gasteiger partial charge in [0.05, 0.1) is 0 Å². The van der Waals surface area contributed by atoms with E-state index in [9.17, 15) is 9.59 Å². The topological polar surface area (TPSA) is 78.9 Å². The summed E-state index contributed by atoms with van der Waals surface area (Å²) in [5.74, 6) is 1.13. The van der Waals surface area contributed by atoms with Crippen molar-refractivity contribution in [3.05, 3.63) is 18.1 Å². The summed E-state index contributed by atoms with van der Waals surface area (Å²) in [5.41, 5.74) is 0.190. The largest absolute Gasteiger partial charge is 0.385 e. The standard InChI is InChI=1S/C20H31N5O3/c1-15(2)13-25-19(27)24(8-5-11-28-4)18(26)20(25)6-9-23(10-7-20)17-12-16(3)21-14-22-17/h12,14-15H,5-11,13H2,1-4H3. The van der Waals surface area contributed by atoms with Gasteiger partial charge >= 0.3 is 6.03 Å². The van der Waals surface area contributed by atoms with Crippen molar-refractivity contribution in [2.75, 3.05) is 44.8 Å². The van der Waals surface area contributed by atoms with Crippen LogP contribution in [-0.2, 0) is 9.53 Å². The van der Waals surface area contributed by atoms with Crippen LogP contribution in [0.1, 0.15) is 38.8 Å². The molecule has 0 radical (unpaired) electrons. The molecule has 2 fully saturated rings. The van der Waals surface area contributed by atoms with Gasteiger partial charge in [-0.05, 0) is 32.1 Å². The number of anilines is 1. The molecule has 2 saturated heterocycles. The molecule has 28 heavy (non-hydrogen) atoms. The lowest BCUT2D eigenvalue weighted by Gasteiger charge is -2.43. The molecule has 2 aliphatic heterocycles. The van der Waals surface area contributed by atoms with Crippen molar-refractivity contribution in [1.29, 1.82) is 0 Å². The number of carbonyl (C=O) groups excluding carboxylic acids is 2. The number of urea groups is 1. The van der Waals surface area contributed by atoms with Crippen molar-refractivity contribution in [2.24, 2.45) is 5.92 Å². The summed E-state index contributed by atoms with van der Waals surface area (Å²) in [7, 11) is 1.63. The van der Waals surface area contributed by atoms with Gasteiger partial charge in [0.2, 0.25) is 0 Å². The number of imide groups is 1. The monoisotopic (exact) mass is 389 g/mol. The summed E-state index contributed by atoms with van der Waals surface area (Å²) in [4.78, 5) is 40.4. The zero-order valence-electron chi connectivity index (χ0n) is 17.3. The van der Waals surface area contributed by atoms with Gasteiger partial charge in [-0.25, -0.2) is 14.8 Å². The Morgan fingerprint density at radius 3 is 2.54 bits per heavy atom. The molecule has 0 bridgehead atoms. The molecular weight excluding hydrogens is 358 g/mol. The van der Waals surface area contributed by atoms with Gasteiger partial charge in [0.25, 0.3) is 5.91 Å².